The Morgan fingerprint density at radius 2 is 0.960 bits per heavy atom. The van der Waals surface area contributed by atoms with Crippen LogP contribution in [0.3, 0.4) is 0 Å². The second kappa shape index (κ2) is 46.3. The molecule has 790 valence electrons. The molecular formula is C103H118F5N21O16S4. The van der Waals surface area contributed by atoms with Gasteiger partial charge in [0.05, 0.1) is 83.1 Å². The number of nitrogen functional groups attached to an aromatic ring is 3. The van der Waals surface area contributed by atoms with Gasteiger partial charge in [0.25, 0.3) is 63.7 Å². The van der Waals surface area contributed by atoms with Gasteiger partial charge < -0.3 is 55.7 Å². The summed E-state index contributed by atoms with van der Waals surface area (Å²) in [6, 6.07) is 44.0. The summed E-state index contributed by atoms with van der Waals surface area (Å²) < 4.78 is 202. The third-order valence-corrected chi connectivity index (χ3v) is 29.7. The van der Waals surface area contributed by atoms with Gasteiger partial charge in [0.1, 0.15) is 69.6 Å². The molecule has 9 aromatic heterocycles. The molecule has 12 aromatic rings. The molecule has 1 aliphatic carbocycles. The smallest absolute Gasteiger partial charge is 0.393 e. The number of benzene rings is 3. The molecule has 0 spiro atoms. The second-order valence-electron chi connectivity index (χ2n) is 38.6. The van der Waals surface area contributed by atoms with Gasteiger partial charge in [-0.3, -0.25) is 24.3 Å². The summed E-state index contributed by atoms with van der Waals surface area (Å²) in [5, 5.41) is 4.41. The average molecular weight is 2130 g/mol. The van der Waals surface area contributed by atoms with Crippen LogP contribution < -0.4 is 74.6 Å². The average Bonchev–Trinajstić information content (AvgIpc) is 1.60. The van der Waals surface area contributed by atoms with E-state index in [4.69, 9.17) is 51.1 Å². The molecule has 4 aliphatic heterocycles. The number of anilines is 7. The highest BCUT2D eigenvalue weighted by Crippen LogP contribution is 2.48. The van der Waals surface area contributed by atoms with Gasteiger partial charge in [-0.15, -0.1) is 0 Å². The number of nitrogens with one attached hydrogen (secondary N) is 5. The number of carbonyl (C=O) groups excluding carboxylic acids is 4. The molecule has 4 amide bonds. The Labute approximate surface area is 861 Å². The lowest BCUT2D eigenvalue weighted by Crippen LogP contribution is -2.43. The first-order valence-corrected chi connectivity index (χ1v) is 54.3. The first-order chi connectivity index (χ1) is 70.5. The molecule has 149 heavy (non-hydrogen) atoms. The van der Waals surface area contributed by atoms with Gasteiger partial charge in [-0.25, -0.2) is 67.5 Å². The Morgan fingerprint density at radius 3 is 1.39 bits per heavy atom. The van der Waals surface area contributed by atoms with Crippen LogP contribution in [-0.2, 0) is 40.1 Å². The van der Waals surface area contributed by atoms with Crippen molar-refractivity contribution in [3.8, 4) is 68.2 Å². The van der Waals surface area contributed by atoms with Crippen LogP contribution in [0.15, 0.2) is 208 Å². The van der Waals surface area contributed by atoms with Crippen LogP contribution in [0, 0.1) is 54.1 Å². The van der Waals surface area contributed by atoms with Crippen molar-refractivity contribution < 1.29 is 93.7 Å². The quantitative estimate of drug-likeness (QED) is 0.0194. The number of sulfonamides is 4. The number of ether oxygens (including phenoxy) is 4. The van der Waals surface area contributed by atoms with Crippen LogP contribution in [0.1, 0.15) is 168 Å². The molecule has 1 saturated carbocycles. The van der Waals surface area contributed by atoms with Gasteiger partial charge in [0, 0.05) is 97.5 Å². The number of rotatable bonds is 30. The summed E-state index contributed by atoms with van der Waals surface area (Å²) in [6.07, 6.45) is 3.28. The summed E-state index contributed by atoms with van der Waals surface area (Å²) >= 11 is 0. The lowest BCUT2D eigenvalue weighted by molar-refractivity contribution is -0.176. The van der Waals surface area contributed by atoms with Crippen LogP contribution in [-0.4, -0.2) is 190 Å². The van der Waals surface area contributed by atoms with Crippen molar-refractivity contribution in [3.05, 3.63) is 228 Å². The molecule has 0 bridgehead atoms. The normalized spacial score (nSPS) is 16.6. The minimum Gasteiger partial charge on any atom is -0.494 e. The molecule has 11 N–H and O–H groups in total. The highest BCUT2D eigenvalue weighted by Gasteiger charge is 2.49. The largest absolute Gasteiger partial charge is 0.494 e. The third-order valence-electron chi connectivity index (χ3n) is 24.8. The number of nitrogens with zero attached hydrogens (tertiary/aromatic N) is 13. The molecule has 5 aliphatic rings. The first-order valence-electron chi connectivity index (χ1n) is 48.3. The number of fused-ring (bicyclic) bond motifs is 1. The maximum absolute atomic E-state index is 14.4. The van der Waals surface area contributed by atoms with Crippen molar-refractivity contribution in [3.63, 3.8) is 0 Å². The van der Waals surface area contributed by atoms with E-state index >= 15 is 0 Å². The van der Waals surface area contributed by atoms with E-state index in [1.807, 2.05) is 100 Å². The maximum atomic E-state index is 14.4. The summed E-state index contributed by atoms with van der Waals surface area (Å²) in [5.74, 6) is -1.21. The fraction of sp³-hybridized carbons (Fsp3) is 0.369. The Bertz CT molecular complexity index is 7400. The standard InChI is InChI=1S/C27H34N6O4S.C26H28FN5O4S.C25H27F4N5O4S.C25H29N5O4S/c1-16(2)37-23-12-18(4)20(14-29-23)21-11-10-19(25(30-21)33-15-17(3)13-27(33,5)6)26(34)32-38(35,36)24-9-7-8-22(28)31-24;1-15(2)14-36-19-11-17(10-18(27)13-19)21-7-6-20(25(29-21)32-9-8-16-12-22(16)32)26(33)31-37(34,35)24-5-3-4-23(28)30-24;1-15(2)14-38-19-11-16(10-18(26)12-19)21-6-5-20(24(35)33-39(36,37)22-7-8-30-32-22)23(31-21)34-9-3-4-17(13-34)25(27,28)29;1-3-34-19-9-7-18(8-10-19)21-12-11-20(24(27-21)30-15-13-17(2)14-16-30)25(31)29-35(32,33)23-6-4-5-22(26)28-23/h7-12,14,16-17H,13,15H2,1-6H3,(H2,28,31)(H,32,34);3-7,10-11,13,15-16,22H,8-9,12,14H2,1-2H3,(H2,28,30)(H,31,33);5-8,10-12,15,17H,3-4,9,13-14H2,1-2H3,(H,30,32)(H,33,35);4-12,17H,3,13-16H2,1-2H3,(H2,26,28)(H,29,31). The number of aromatic nitrogens is 10. The number of aromatic amines is 1. The van der Waals surface area contributed by atoms with Crippen LogP contribution >= 0.6 is 0 Å². The lowest BCUT2D eigenvalue weighted by atomic mass is 9.97. The van der Waals surface area contributed by atoms with Gasteiger partial charge in [-0.1, -0.05) is 59.7 Å². The number of aryl methyl sites for hydroxylation is 1. The topological polar surface area (TPSA) is 513 Å². The minimum absolute atomic E-state index is 0.00605. The van der Waals surface area contributed by atoms with Crippen molar-refractivity contribution in [2.24, 2.45) is 35.5 Å². The fourth-order valence-corrected chi connectivity index (χ4v) is 21.2. The Hall–Kier alpha value is -14.8. The zero-order chi connectivity index (χ0) is 108. The van der Waals surface area contributed by atoms with E-state index in [0.717, 1.165) is 73.7 Å². The van der Waals surface area contributed by atoms with Crippen LogP contribution in [0.2, 0.25) is 0 Å². The van der Waals surface area contributed by atoms with Crippen molar-refractivity contribution >= 4 is 104 Å². The summed E-state index contributed by atoms with van der Waals surface area (Å²) in [6.45, 7) is 28.0. The summed E-state index contributed by atoms with van der Waals surface area (Å²) in [4.78, 5) is 95.1. The number of hydrogen-bond acceptors (Lipinski definition) is 32. The summed E-state index contributed by atoms with van der Waals surface area (Å²) in [5.41, 5.74) is 22.0. The van der Waals surface area contributed by atoms with E-state index < -0.39 is 94.0 Å². The van der Waals surface area contributed by atoms with Crippen LogP contribution in [0.4, 0.5) is 62.7 Å². The van der Waals surface area contributed by atoms with E-state index in [9.17, 15) is 74.8 Å². The summed E-state index contributed by atoms with van der Waals surface area (Å²) in [7, 11) is -17.1. The first kappa shape index (κ1) is 110. The van der Waals surface area contributed by atoms with Crippen molar-refractivity contribution in [2.75, 3.05) is 95.9 Å². The second-order valence-corrected chi connectivity index (χ2v) is 45.2. The monoisotopic (exact) mass is 2130 g/mol. The molecule has 4 atom stereocenters. The van der Waals surface area contributed by atoms with Gasteiger partial charge in [0.2, 0.25) is 5.88 Å². The van der Waals surface area contributed by atoms with E-state index in [1.54, 1.807) is 42.6 Å². The van der Waals surface area contributed by atoms with Gasteiger partial charge in [-0.05, 0) is 261 Å². The zero-order valence-corrected chi connectivity index (χ0v) is 87.2. The molecule has 0 radical (unpaired) electrons. The third kappa shape index (κ3) is 28.0. The predicted molar refractivity (Wildman–Crippen MR) is 553 cm³/mol. The Kier molecular flexibility index (Phi) is 34.2. The molecule has 37 nitrogen and oxygen atoms in total. The van der Waals surface area contributed by atoms with Crippen molar-refractivity contribution in [1.29, 1.82) is 0 Å². The predicted octanol–water partition coefficient (Wildman–Crippen LogP) is 15.6. The highest BCUT2D eigenvalue weighted by molar-refractivity contribution is 7.90. The molecule has 4 saturated heterocycles. The minimum atomic E-state index is -4.46. The molecule has 17 rings (SSSR count). The number of hydrogen-bond donors (Lipinski definition) is 8. The van der Waals surface area contributed by atoms with Gasteiger partial charge >= 0.3 is 6.18 Å². The fourth-order valence-electron chi connectivity index (χ4n) is 17.5. The van der Waals surface area contributed by atoms with Gasteiger partial charge in [-0.2, -0.15) is 51.9 Å². The Morgan fingerprint density at radius 1 is 0.497 bits per heavy atom. The van der Waals surface area contributed by atoms with Gasteiger partial charge in [0.15, 0.2) is 20.1 Å². The number of pyridine rings is 8. The molecular weight excluding hydrogens is 2010 g/mol. The van der Waals surface area contributed by atoms with E-state index in [1.165, 1.54) is 114 Å². The van der Waals surface area contributed by atoms with E-state index in [2.05, 4.69) is 81.9 Å². The number of piperidine rings is 3. The van der Waals surface area contributed by atoms with Crippen molar-refractivity contribution in [2.45, 2.75) is 172 Å². The highest BCUT2D eigenvalue weighted by atomic mass is 32.2. The number of H-pyrrole nitrogens is 1. The van der Waals surface area contributed by atoms with E-state index in [-0.39, 0.29) is 132 Å². The molecule has 4 unspecified atom stereocenters. The number of nitrogens with two attached hydrogens (primary N) is 3. The Balaban J connectivity index is 0.000000157. The molecule has 46 heteroatoms. The van der Waals surface area contributed by atoms with Crippen molar-refractivity contribution in [1.82, 2.24) is 69.0 Å². The van der Waals surface area contributed by atoms with Crippen LogP contribution in [0.25, 0.3) is 45.0 Å². The SMILES string of the molecule is CC(C)COc1cc(F)cc(-c2ccc(C(=O)NS(=O)(=O)c3cccc(N)n3)c(N3CCC4CC43)n2)c1.CC(C)COc1cc(F)cc(-c2ccc(C(=O)NS(=O)(=O)c3ccn[nH]3)c(N3CCCC(C(F)(F)F)C3)n2)c1.CCOc1ccc(-c2ccc(C(=O)NS(=O)(=O)c3cccc(N)n3)c(N3CCC(C)CC3)n2)cc1.Cc1cc(OC(C)C)ncc1-c1ccc(C(=O)NS(=O)(=O)c2cccc(N)n2)c(N2CC(C)CC2(C)C)n1. The van der Waals surface area contributed by atoms with E-state index in [0.29, 0.717) is 102 Å². The number of amides is 4. The molecule has 13 heterocycles. The molecule has 3 aromatic carbocycles. The maximum Gasteiger partial charge on any atom is 0.393 e. The molecule has 5 fully saturated rings. The lowest BCUT2D eigenvalue weighted by Gasteiger charge is -2.35. The number of carbonyl (C=O) groups is 4. The zero-order valence-electron chi connectivity index (χ0n) is 83.9. The number of halogens is 5. The number of alkyl halides is 3. The van der Waals surface area contributed by atoms with Crippen LogP contribution in [0.5, 0.6) is 23.1 Å².